The zero-order valence-electron chi connectivity index (χ0n) is 9.93. The van der Waals surface area contributed by atoms with Gasteiger partial charge in [-0.05, 0) is 32.9 Å². The summed E-state index contributed by atoms with van der Waals surface area (Å²) < 4.78 is 5.37. The fraction of sp³-hybridized carbons (Fsp3) is 0.417. The van der Waals surface area contributed by atoms with E-state index in [0.29, 0.717) is 12.4 Å². The molecule has 0 amide bonds. The molecule has 0 bridgehead atoms. The van der Waals surface area contributed by atoms with Gasteiger partial charge in [-0.1, -0.05) is 17.3 Å². The lowest BCUT2D eigenvalue weighted by Gasteiger charge is -2.06. The van der Waals surface area contributed by atoms with Gasteiger partial charge in [0, 0.05) is 5.56 Å². The number of hydrogen-bond acceptors (Lipinski definition) is 3. The van der Waals surface area contributed by atoms with Crippen molar-refractivity contribution in [2.45, 2.75) is 26.9 Å². The first kappa shape index (κ1) is 12.4. The van der Waals surface area contributed by atoms with Gasteiger partial charge in [-0.2, -0.15) is 0 Å². The van der Waals surface area contributed by atoms with Gasteiger partial charge >= 0.3 is 0 Å². The molecule has 0 saturated carbocycles. The Morgan fingerprint density at radius 2 is 2.19 bits per heavy atom. The summed E-state index contributed by atoms with van der Waals surface area (Å²) in [6.07, 6.45) is 0.0219. The summed E-state index contributed by atoms with van der Waals surface area (Å²) in [4.78, 5) is 5.08. The molecule has 0 unspecified atom stereocenters. The Morgan fingerprint density at radius 3 is 2.81 bits per heavy atom. The van der Waals surface area contributed by atoms with Gasteiger partial charge in [0.2, 0.25) is 0 Å². The van der Waals surface area contributed by atoms with E-state index in [4.69, 9.17) is 15.3 Å². The van der Waals surface area contributed by atoms with Crippen LogP contribution in [0.2, 0.25) is 0 Å². The SMILES string of the molecule is CCOc1cccc(/C(N)=N/OC(C)C)c1. The normalized spacial score (nSPS) is 11.6. The van der Waals surface area contributed by atoms with Crippen LogP contribution in [-0.4, -0.2) is 18.5 Å². The van der Waals surface area contributed by atoms with E-state index < -0.39 is 0 Å². The minimum Gasteiger partial charge on any atom is -0.494 e. The van der Waals surface area contributed by atoms with Crippen molar-refractivity contribution >= 4 is 5.84 Å². The van der Waals surface area contributed by atoms with Crippen LogP contribution < -0.4 is 10.5 Å². The van der Waals surface area contributed by atoms with Gasteiger partial charge in [0.25, 0.3) is 0 Å². The summed E-state index contributed by atoms with van der Waals surface area (Å²) in [6.45, 7) is 6.36. The highest BCUT2D eigenvalue weighted by molar-refractivity contribution is 5.97. The van der Waals surface area contributed by atoms with E-state index in [1.54, 1.807) is 0 Å². The van der Waals surface area contributed by atoms with Gasteiger partial charge in [-0.25, -0.2) is 0 Å². The summed E-state index contributed by atoms with van der Waals surface area (Å²) >= 11 is 0. The number of rotatable bonds is 5. The van der Waals surface area contributed by atoms with Gasteiger partial charge in [-0.15, -0.1) is 0 Å². The molecule has 0 aliphatic carbocycles. The Labute approximate surface area is 96.0 Å². The van der Waals surface area contributed by atoms with E-state index in [1.165, 1.54) is 0 Å². The van der Waals surface area contributed by atoms with Crippen LogP contribution in [0.15, 0.2) is 29.4 Å². The van der Waals surface area contributed by atoms with E-state index in [1.807, 2.05) is 45.0 Å². The number of nitrogens with two attached hydrogens (primary N) is 1. The smallest absolute Gasteiger partial charge is 0.170 e. The lowest BCUT2D eigenvalue weighted by Crippen LogP contribution is -2.15. The highest BCUT2D eigenvalue weighted by Gasteiger charge is 2.01. The van der Waals surface area contributed by atoms with Crippen molar-refractivity contribution in [1.82, 2.24) is 0 Å². The molecule has 1 rings (SSSR count). The first-order chi connectivity index (χ1) is 7.63. The van der Waals surface area contributed by atoms with E-state index in [0.717, 1.165) is 11.3 Å². The van der Waals surface area contributed by atoms with Crippen molar-refractivity contribution in [2.24, 2.45) is 10.9 Å². The third-order valence-corrected chi connectivity index (χ3v) is 1.80. The standard InChI is InChI=1S/C12H18N2O2/c1-4-15-11-7-5-6-10(8-11)12(13)14-16-9(2)3/h5-9H,4H2,1-3H3,(H2,13,14). The summed E-state index contributed by atoms with van der Waals surface area (Å²) in [6, 6.07) is 7.46. The summed E-state index contributed by atoms with van der Waals surface area (Å²) in [5, 5.41) is 3.83. The lowest BCUT2D eigenvalue weighted by molar-refractivity contribution is 0.0858. The molecule has 0 aliphatic rings. The molecule has 1 aromatic carbocycles. The predicted molar refractivity (Wildman–Crippen MR) is 64.6 cm³/mol. The molecule has 4 nitrogen and oxygen atoms in total. The summed E-state index contributed by atoms with van der Waals surface area (Å²) in [5.41, 5.74) is 6.58. The number of nitrogens with zero attached hydrogens (tertiary/aromatic N) is 1. The molecular weight excluding hydrogens is 204 g/mol. The topological polar surface area (TPSA) is 56.8 Å². The van der Waals surface area contributed by atoms with Crippen molar-refractivity contribution in [3.05, 3.63) is 29.8 Å². The molecule has 0 fully saturated rings. The van der Waals surface area contributed by atoms with E-state index >= 15 is 0 Å². The second-order valence-corrected chi connectivity index (χ2v) is 3.59. The van der Waals surface area contributed by atoms with E-state index in [2.05, 4.69) is 5.16 Å². The van der Waals surface area contributed by atoms with Crippen LogP contribution in [0.5, 0.6) is 5.75 Å². The van der Waals surface area contributed by atoms with Crippen LogP contribution in [0.4, 0.5) is 0 Å². The summed E-state index contributed by atoms with van der Waals surface area (Å²) in [7, 11) is 0. The molecule has 0 aromatic heterocycles. The van der Waals surface area contributed by atoms with Crippen LogP contribution in [-0.2, 0) is 4.84 Å². The average molecular weight is 222 g/mol. The molecule has 88 valence electrons. The van der Waals surface area contributed by atoms with Crippen molar-refractivity contribution in [2.75, 3.05) is 6.61 Å². The van der Waals surface area contributed by atoms with Crippen molar-refractivity contribution < 1.29 is 9.57 Å². The maximum absolute atomic E-state index is 5.78. The van der Waals surface area contributed by atoms with Crippen LogP contribution in [0, 0.1) is 0 Å². The summed E-state index contributed by atoms with van der Waals surface area (Å²) in [5.74, 6) is 1.14. The van der Waals surface area contributed by atoms with E-state index in [9.17, 15) is 0 Å². The highest BCUT2D eigenvalue weighted by atomic mass is 16.6. The number of hydrogen-bond donors (Lipinski definition) is 1. The second kappa shape index (κ2) is 6.00. The Morgan fingerprint density at radius 1 is 1.44 bits per heavy atom. The molecule has 0 heterocycles. The molecule has 0 atom stereocenters. The number of ether oxygens (including phenoxy) is 1. The molecule has 0 radical (unpaired) electrons. The fourth-order valence-electron chi connectivity index (χ4n) is 1.13. The molecule has 2 N–H and O–H groups in total. The van der Waals surface area contributed by atoms with Gasteiger partial charge in [-0.3, -0.25) is 0 Å². The third-order valence-electron chi connectivity index (χ3n) is 1.80. The predicted octanol–water partition coefficient (Wildman–Crippen LogP) is 2.13. The van der Waals surface area contributed by atoms with Crippen LogP contribution in [0.3, 0.4) is 0 Å². The monoisotopic (exact) mass is 222 g/mol. The zero-order valence-corrected chi connectivity index (χ0v) is 9.93. The van der Waals surface area contributed by atoms with E-state index in [-0.39, 0.29) is 6.10 Å². The quantitative estimate of drug-likeness (QED) is 0.471. The van der Waals surface area contributed by atoms with Crippen molar-refractivity contribution in [3.8, 4) is 5.75 Å². The van der Waals surface area contributed by atoms with Crippen molar-refractivity contribution in [3.63, 3.8) is 0 Å². The minimum atomic E-state index is 0.0219. The molecule has 16 heavy (non-hydrogen) atoms. The number of oxime groups is 1. The Kier molecular flexibility index (Phi) is 4.64. The van der Waals surface area contributed by atoms with Crippen LogP contribution in [0.1, 0.15) is 26.3 Å². The van der Waals surface area contributed by atoms with Crippen LogP contribution >= 0.6 is 0 Å². The first-order valence-corrected chi connectivity index (χ1v) is 5.36. The molecular formula is C12H18N2O2. The van der Waals surface area contributed by atoms with Gasteiger partial charge in [0.05, 0.1) is 6.61 Å². The minimum absolute atomic E-state index is 0.0219. The third kappa shape index (κ3) is 3.81. The molecule has 0 saturated heterocycles. The second-order valence-electron chi connectivity index (χ2n) is 3.59. The van der Waals surface area contributed by atoms with Gasteiger partial charge in [0.1, 0.15) is 11.9 Å². The number of benzene rings is 1. The first-order valence-electron chi connectivity index (χ1n) is 5.36. The Balaban J connectivity index is 2.78. The largest absolute Gasteiger partial charge is 0.494 e. The molecule has 0 spiro atoms. The molecule has 0 aliphatic heterocycles. The Bertz CT molecular complexity index is 362. The van der Waals surface area contributed by atoms with Gasteiger partial charge in [0.15, 0.2) is 5.84 Å². The average Bonchev–Trinajstić information content (AvgIpc) is 2.26. The van der Waals surface area contributed by atoms with Gasteiger partial charge < -0.3 is 15.3 Å². The maximum atomic E-state index is 5.78. The van der Waals surface area contributed by atoms with Crippen LogP contribution in [0.25, 0.3) is 0 Å². The lowest BCUT2D eigenvalue weighted by atomic mass is 10.2. The highest BCUT2D eigenvalue weighted by Crippen LogP contribution is 2.13. The maximum Gasteiger partial charge on any atom is 0.170 e. The Hall–Kier alpha value is -1.71. The fourth-order valence-corrected chi connectivity index (χ4v) is 1.13. The molecule has 4 heteroatoms. The zero-order chi connectivity index (χ0) is 12.0. The van der Waals surface area contributed by atoms with Crippen molar-refractivity contribution in [1.29, 1.82) is 0 Å². The molecule has 1 aromatic rings. The number of amidine groups is 1.